The monoisotopic (exact) mass is 395 g/mol. The van der Waals surface area contributed by atoms with Gasteiger partial charge in [-0.1, -0.05) is 24.3 Å². The molecule has 2 heterocycles. The van der Waals surface area contributed by atoms with Crippen LogP contribution in [0.5, 0.6) is 0 Å². The number of para-hydroxylation sites is 1. The number of carbonyl (C=O) groups is 1. The van der Waals surface area contributed by atoms with E-state index in [-0.39, 0.29) is 23.2 Å². The molecule has 148 valence electrons. The summed E-state index contributed by atoms with van der Waals surface area (Å²) in [6, 6.07) is 13.1. The van der Waals surface area contributed by atoms with Crippen LogP contribution in [0.15, 0.2) is 59.4 Å². The highest BCUT2D eigenvalue weighted by atomic mass is 19.1. The molecule has 5 nitrogen and oxygen atoms in total. The Labute approximate surface area is 166 Å². The summed E-state index contributed by atoms with van der Waals surface area (Å²) in [6.45, 7) is 2.10. The van der Waals surface area contributed by atoms with Crippen molar-refractivity contribution in [2.45, 2.75) is 25.8 Å². The molecule has 7 heteroatoms. The largest absolute Gasteiger partial charge is 0.330 e. The van der Waals surface area contributed by atoms with Gasteiger partial charge in [-0.3, -0.25) is 9.59 Å². The predicted octanol–water partition coefficient (Wildman–Crippen LogP) is 3.80. The summed E-state index contributed by atoms with van der Waals surface area (Å²) in [4.78, 5) is 27.3. The second-order valence-electron chi connectivity index (χ2n) is 7.07. The number of likely N-dealkylation sites (tertiary alicyclic amines) is 1. The van der Waals surface area contributed by atoms with Gasteiger partial charge in [0.25, 0.3) is 5.91 Å². The average Bonchev–Trinajstić information content (AvgIpc) is 3.19. The molecule has 0 spiro atoms. The Morgan fingerprint density at radius 1 is 1.10 bits per heavy atom. The van der Waals surface area contributed by atoms with E-state index in [1.165, 1.54) is 35.0 Å². The lowest BCUT2D eigenvalue weighted by Crippen LogP contribution is -2.36. The third kappa shape index (κ3) is 3.55. The number of aryl methyl sites for hydroxylation is 1. The normalized spacial score (nSPS) is 16.2. The number of amides is 1. The summed E-state index contributed by atoms with van der Waals surface area (Å²) >= 11 is 0. The number of halogens is 2. The minimum atomic E-state index is -0.509. The molecular weight excluding hydrogens is 376 g/mol. The molecule has 4 rings (SSSR count). The van der Waals surface area contributed by atoms with Crippen LogP contribution < -0.4 is 5.43 Å². The van der Waals surface area contributed by atoms with Crippen molar-refractivity contribution < 1.29 is 13.6 Å². The molecule has 0 bridgehead atoms. The summed E-state index contributed by atoms with van der Waals surface area (Å²) in [5.41, 5.74) is 0.625. The van der Waals surface area contributed by atoms with Crippen molar-refractivity contribution in [3.63, 3.8) is 0 Å². The fourth-order valence-corrected chi connectivity index (χ4v) is 3.74. The first kappa shape index (κ1) is 19.0. The zero-order valence-corrected chi connectivity index (χ0v) is 15.8. The summed E-state index contributed by atoms with van der Waals surface area (Å²) in [5.74, 6) is -1.36. The third-order valence-corrected chi connectivity index (χ3v) is 5.16. The van der Waals surface area contributed by atoms with Crippen molar-refractivity contribution in [3.8, 4) is 5.69 Å². The molecule has 0 aliphatic carbocycles. The van der Waals surface area contributed by atoms with Crippen LogP contribution in [0.2, 0.25) is 0 Å². The van der Waals surface area contributed by atoms with Crippen molar-refractivity contribution in [2.75, 3.05) is 6.54 Å². The van der Waals surface area contributed by atoms with Gasteiger partial charge < -0.3 is 4.90 Å². The zero-order chi connectivity index (χ0) is 20.5. The van der Waals surface area contributed by atoms with E-state index in [1.54, 1.807) is 36.1 Å². The molecule has 1 saturated heterocycles. The molecule has 1 atom stereocenters. The van der Waals surface area contributed by atoms with Crippen LogP contribution in [-0.4, -0.2) is 27.1 Å². The standard InChI is InChI=1S/C22H19F2N3O2/c1-14-13-20(28)21(25-27(14)19-6-3-2-5-17(19)24)22(29)26-12-4-7-18(26)15-8-10-16(23)11-9-15/h2-3,5-6,8-11,13,18H,4,7,12H2,1H3. The van der Waals surface area contributed by atoms with Gasteiger partial charge in [-0.2, -0.15) is 5.10 Å². The molecule has 1 unspecified atom stereocenters. The van der Waals surface area contributed by atoms with Crippen molar-refractivity contribution in [1.82, 2.24) is 14.7 Å². The van der Waals surface area contributed by atoms with Gasteiger partial charge in [-0.05, 0) is 49.6 Å². The number of hydrogen-bond acceptors (Lipinski definition) is 3. The Morgan fingerprint density at radius 3 is 2.55 bits per heavy atom. The fraction of sp³-hybridized carbons (Fsp3) is 0.227. The van der Waals surface area contributed by atoms with Crippen LogP contribution in [0.25, 0.3) is 5.69 Å². The summed E-state index contributed by atoms with van der Waals surface area (Å²) < 4.78 is 28.8. The average molecular weight is 395 g/mol. The van der Waals surface area contributed by atoms with E-state index in [4.69, 9.17) is 0 Å². The Hall–Kier alpha value is -3.35. The molecule has 1 aliphatic rings. The Morgan fingerprint density at radius 2 is 1.83 bits per heavy atom. The van der Waals surface area contributed by atoms with Crippen molar-refractivity contribution in [2.24, 2.45) is 0 Å². The Balaban J connectivity index is 1.73. The zero-order valence-electron chi connectivity index (χ0n) is 15.8. The second-order valence-corrected chi connectivity index (χ2v) is 7.07. The van der Waals surface area contributed by atoms with Crippen LogP contribution in [0.3, 0.4) is 0 Å². The Kier molecular flexibility index (Phi) is 4.96. The topological polar surface area (TPSA) is 55.2 Å². The van der Waals surface area contributed by atoms with E-state index >= 15 is 0 Å². The number of benzene rings is 2. The lowest BCUT2D eigenvalue weighted by molar-refractivity contribution is 0.0726. The lowest BCUT2D eigenvalue weighted by Gasteiger charge is -2.25. The van der Waals surface area contributed by atoms with Crippen LogP contribution >= 0.6 is 0 Å². The molecule has 1 aromatic heterocycles. The van der Waals surface area contributed by atoms with Crippen LogP contribution in [0.4, 0.5) is 8.78 Å². The molecule has 0 radical (unpaired) electrons. The molecule has 0 saturated carbocycles. The minimum Gasteiger partial charge on any atom is -0.330 e. The van der Waals surface area contributed by atoms with E-state index in [0.29, 0.717) is 18.7 Å². The van der Waals surface area contributed by atoms with E-state index in [0.717, 1.165) is 12.0 Å². The lowest BCUT2D eigenvalue weighted by atomic mass is 10.0. The van der Waals surface area contributed by atoms with E-state index in [9.17, 15) is 18.4 Å². The summed E-state index contributed by atoms with van der Waals surface area (Å²) in [6.07, 6.45) is 1.48. The van der Waals surface area contributed by atoms with Gasteiger partial charge >= 0.3 is 0 Å². The molecule has 0 N–H and O–H groups in total. The second kappa shape index (κ2) is 7.58. The first-order chi connectivity index (χ1) is 14.0. The molecule has 1 fully saturated rings. The van der Waals surface area contributed by atoms with Gasteiger partial charge in [0, 0.05) is 18.3 Å². The van der Waals surface area contributed by atoms with E-state index in [2.05, 4.69) is 5.10 Å². The van der Waals surface area contributed by atoms with Gasteiger partial charge in [0.15, 0.2) is 5.69 Å². The van der Waals surface area contributed by atoms with Crippen LogP contribution in [0, 0.1) is 18.6 Å². The SMILES string of the molecule is Cc1cc(=O)c(C(=O)N2CCCC2c2ccc(F)cc2)nn1-c1ccccc1F. The van der Waals surface area contributed by atoms with Gasteiger partial charge in [0.05, 0.1) is 6.04 Å². The first-order valence-electron chi connectivity index (χ1n) is 9.38. The fourth-order valence-electron chi connectivity index (χ4n) is 3.74. The highest BCUT2D eigenvalue weighted by Crippen LogP contribution is 2.32. The van der Waals surface area contributed by atoms with Gasteiger partial charge in [0.2, 0.25) is 5.43 Å². The van der Waals surface area contributed by atoms with Crippen LogP contribution in [0.1, 0.15) is 40.6 Å². The van der Waals surface area contributed by atoms with E-state index in [1.807, 2.05) is 0 Å². The number of nitrogens with zero attached hydrogens (tertiary/aromatic N) is 3. The van der Waals surface area contributed by atoms with Gasteiger partial charge in [-0.15, -0.1) is 0 Å². The Bertz CT molecular complexity index is 1130. The smallest absolute Gasteiger partial charge is 0.278 e. The maximum absolute atomic E-state index is 14.2. The van der Waals surface area contributed by atoms with E-state index < -0.39 is 17.2 Å². The minimum absolute atomic E-state index is 0.163. The number of hydrogen-bond donors (Lipinski definition) is 0. The predicted molar refractivity (Wildman–Crippen MR) is 104 cm³/mol. The molecule has 29 heavy (non-hydrogen) atoms. The summed E-state index contributed by atoms with van der Waals surface area (Å²) in [7, 11) is 0. The van der Waals surface area contributed by atoms with Gasteiger partial charge in [0.1, 0.15) is 17.3 Å². The van der Waals surface area contributed by atoms with Crippen molar-refractivity contribution >= 4 is 5.91 Å². The molecule has 3 aromatic rings. The quantitative estimate of drug-likeness (QED) is 0.678. The molecule has 1 amide bonds. The number of rotatable bonds is 3. The third-order valence-electron chi connectivity index (χ3n) is 5.16. The highest BCUT2D eigenvalue weighted by molar-refractivity contribution is 5.92. The van der Waals surface area contributed by atoms with Crippen molar-refractivity contribution in [3.05, 3.63) is 93.4 Å². The maximum atomic E-state index is 14.2. The number of aromatic nitrogens is 2. The van der Waals surface area contributed by atoms with Gasteiger partial charge in [-0.25, -0.2) is 13.5 Å². The number of carbonyl (C=O) groups excluding carboxylic acids is 1. The molecular formula is C22H19F2N3O2. The van der Waals surface area contributed by atoms with Crippen LogP contribution in [-0.2, 0) is 0 Å². The van der Waals surface area contributed by atoms with Crippen molar-refractivity contribution in [1.29, 1.82) is 0 Å². The maximum Gasteiger partial charge on any atom is 0.278 e. The highest BCUT2D eigenvalue weighted by Gasteiger charge is 2.33. The molecule has 2 aromatic carbocycles. The first-order valence-corrected chi connectivity index (χ1v) is 9.38. The molecule has 1 aliphatic heterocycles. The summed E-state index contributed by atoms with van der Waals surface area (Å²) in [5, 5.41) is 4.20.